The summed E-state index contributed by atoms with van der Waals surface area (Å²) in [6, 6.07) is 3.81. The number of furan rings is 1. The van der Waals surface area contributed by atoms with Crippen LogP contribution < -0.4 is 5.32 Å². The Morgan fingerprint density at radius 2 is 2.20 bits per heavy atom. The van der Waals surface area contributed by atoms with Crippen LogP contribution in [0.15, 0.2) is 16.5 Å². The van der Waals surface area contributed by atoms with Crippen LogP contribution in [0.25, 0.3) is 0 Å². The van der Waals surface area contributed by atoms with Crippen molar-refractivity contribution >= 4 is 5.91 Å². The molecule has 1 amide bonds. The van der Waals surface area contributed by atoms with Crippen molar-refractivity contribution < 1.29 is 13.9 Å². The first-order valence-corrected chi connectivity index (χ1v) is 7.56. The van der Waals surface area contributed by atoms with Crippen LogP contribution in [0.4, 0.5) is 0 Å². The maximum atomic E-state index is 12.4. The molecule has 1 aromatic heterocycles. The first-order valence-electron chi connectivity index (χ1n) is 7.56. The second-order valence-corrected chi connectivity index (χ2v) is 6.08. The van der Waals surface area contributed by atoms with Crippen LogP contribution in [0.2, 0.25) is 0 Å². The summed E-state index contributed by atoms with van der Waals surface area (Å²) < 4.78 is 10.8. The van der Waals surface area contributed by atoms with Gasteiger partial charge in [0, 0.05) is 19.6 Å². The molecule has 0 aliphatic heterocycles. The highest BCUT2D eigenvalue weighted by Gasteiger charge is 2.56. The molecule has 0 spiro atoms. The molecule has 20 heavy (non-hydrogen) atoms. The van der Waals surface area contributed by atoms with E-state index >= 15 is 0 Å². The predicted octanol–water partition coefficient (Wildman–Crippen LogP) is 2.83. The fourth-order valence-electron chi connectivity index (χ4n) is 3.64. The normalized spacial score (nSPS) is 29.0. The van der Waals surface area contributed by atoms with E-state index in [1.165, 1.54) is 19.3 Å². The fourth-order valence-corrected chi connectivity index (χ4v) is 3.64. The van der Waals surface area contributed by atoms with Gasteiger partial charge in [-0.25, -0.2) is 0 Å². The summed E-state index contributed by atoms with van der Waals surface area (Å²) in [5, 5.41) is 3.16. The Labute approximate surface area is 119 Å². The minimum atomic E-state index is -0.0718. The van der Waals surface area contributed by atoms with Crippen molar-refractivity contribution in [3.8, 4) is 0 Å². The van der Waals surface area contributed by atoms with Gasteiger partial charge in [-0.2, -0.15) is 0 Å². The SMILES string of the molecule is COCC[C@@H](NC(=O)C1[C@H]2CCC[C@@H]12)c1ccc(C)o1. The van der Waals surface area contributed by atoms with Gasteiger partial charge < -0.3 is 14.5 Å². The van der Waals surface area contributed by atoms with E-state index in [0.717, 1.165) is 17.9 Å². The zero-order chi connectivity index (χ0) is 14.1. The second kappa shape index (κ2) is 5.60. The van der Waals surface area contributed by atoms with Gasteiger partial charge in [0.2, 0.25) is 5.91 Å². The van der Waals surface area contributed by atoms with E-state index in [9.17, 15) is 4.79 Å². The van der Waals surface area contributed by atoms with E-state index in [1.54, 1.807) is 7.11 Å². The number of hydrogen-bond acceptors (Lipinski definition) is 3. The lowest BCUT2D eigenvalue weighted by Gasteiger charge is -2.17. The molecular weight excluding hydrogens is 254 g/mol. The van der Waals surface area contributed by atoms with Crippen LogP contribution in [-0.4, -0.2) is 19.6 Å². The summed E-state index contributed by atoms with van der Waals surface area (Å²) in [5.74, 6) is 3.46. The largest absolute Gasteiger partial charge is 0.464 e. The van der Waals surface area contributed by atoms with Crippen molar-refractivity contribution in [2.75, 3.05) is 13.7 Å². The first-order chi connectivity index (χ1) is 9.70. The Kier molecular flexibility index (Phi) is 3.83. The molecule has 0 aromatic carbocycles. The molecule has 1 heterocycles. The molecule has 2 fully saturated rings. The summed E-state index contributed by atoms with van der Waals surface area (Å²) in [7, 11) is 1.68. The highest BCUT2D eigenvalue weighted by Crippen LogP contribution is 2.57. The lowest BCUT2D eigenvalue weighted by atomic mass is 10.1. The maximum Gasteiger partial charge on any atom is 0.224 e. The maximum absolute atomic E-state index is 12.4. The Morgan fingerprint density at radius 3 is 2.80 bits per heavy atom. The van der Waals surface area contributed by atoms with E-state index in [1.807, 2.05) is 19.1 Å². The van der Waals surface area contributed by atoms with Crippen molar-refractivity contribution in [3.63, 3.8) is 0 Å². The average molecular weight is 277 g/mol. The van der Waals surface area contributed by atoms with Crippen molar-refractivity contribution in [2.45, 2.75) is 38.6 Å². The van der Waals surface area contributed by atoms with Crippen molar-refractivity contribution in [2.24, 2.45) is 17.8 Å². The van der Waals surface area contributed by atoms with Crippen LogP contribution in [0.5, 0.6) is 0 Å². The Hall–Kier alpha value is -1.29. The van der Waals surface area contributed by atoms with E-state index < -0.39 is 0 Å². The van der Waals surface area contributed by atoms with Crippen LogP contribution in [0.1, 0.15) is 43.2 Å². The number of carbonyl (C=O) groups excluding carboxylic acids is 1. The predicted molar refractivity (Wildman–Crippen MR) is 75.1 cm³/mol. The molecule has 2 aliphatic carbocycles. The van der Waals surface area contributed by atoms with Gasteiger partial charge in [0.15, 0.2) is 0 Å². The molecule has 1 unspecified atom stereocenters. The lowest BCUT2D eigenvalue weighted by molar-refractivity contribution is -0.124. The molecule has 4 nitrogen and oxygen atoms in total. The molecular formula is C16H23NO3. The molecule has 110 valence electrons. The number of aryl methyl sites for hydroxylation is 1. The number of rotatable bonds is 6. The number of carbonyl (C=O) groups is 1. The van der Waals surface area contributed by atoms with Gasteiger partial charge in [0.25, 0.3) is 0 Å². The number of nitrogens with one attached hydrogen (secondary N) is 1. The third kappa shape index (κ3) is 2.62. The summed E-state index contributed by atoms with van der Waals surface area (Å²) >= 11 is 0. The highest BCUT2D eigenvalue weighted by molar-refractivity contribution is 5.82. The van der Waals surface area contributed by atoms with Gasteiger partial charge in [0.1, 0.15) is 11.5 Å². The minimum Gasteiger partial charge on any atom is -0.464 e. The summed E-state index contributed by atoms with van der Waals surface area (Å²) in [6.07, 6.45) is 4.50. The van der Waals surface area contributed by atoms with Crippen LogP contribution in [-0.2, 0) is 9.53 Å². The standard InChI is InChI=1S/C16H23NO3/c1-10-6-7-14(20-10)13(8-9-19-2)17-16(18)15-11-4-3-5-12(11)15/h6-7,11-13,15H,3-5,8-9H2,1-2H3,(H,17,18)/t11-,12+,13-,15?/m1/s1. The molecule has 0 bridgehead atoms. The van der Waals surface area contributed by atoms with Crippen LogP contribution in [0.3, 0.4) is 0 Å². The number of amides is 1. The van der Waals surface area contributed by atoms with Gasteiger partial charge in [0.05, 0.1) is 6.04 Å². The van der Waals surface area contributed by atoms with Gasteiger partial charge in [-0.05, 0) is 50.2 Å². The molecule has 0 radical (unpaired) electrons. The van der Waals surface area contributed by atoms with Crippen molar-refractivity contribution in [1.82, 2.24) is 5.32 Å². The fraction of sp³-hybridized carbons (Fsp3) is 0.688. The van der Waals surface area contributed by atoms with Gasteiger partial charge >= 0.3 is 0 Å². The number of methoxy groups -OCH3 is 1. The topological polar surface area (TPSA) is 51.5 Å². The average Bonchev–Trinajstić information content (AvgIpc) is 2.81. The monoisotopic (exact) mass is 277 g/mol. The smallest absolute Gasteiger partial charge is 0.224 e. The number of fused-ring (bicyclic) bond motifs is 1. The van der Waals surface area contributed by atoms with E-state index in [0.29, 0.717) is 18.4 Å². The Bertz CT molecular complexity index is 472. The third-order valence-electron chi connectivity index (χ3n) is 4.74. The van der Waals surface area contributed by atoms with E-state index in [2.05, 4.69) is 5.32 Å². The zero-order valence-electron chi connectivity index (χ0n) is 12.2. The highest BCUT2D eigenvalue weighted by atomic mass is 16.5. The van der Waals surface area contributed by atoms with Gasteiger partial charge in [-0.1, -0.05) is 6.42 Å². The number of ether oxygens (including phenoxy) is 1. The quantitative estimate of drug-likeness (QED) is 0.870. The third-order valence-corrected chi connectivity index (χ3v) is 4.74. The summed E-state index contributed by atoms with van der Waals surface area (Å²) in [6.45, 7) is 2.53. The molecule has 4 atom stereocenters. The molecule has 1 aromatic rings. The Morgan fingerprint density at radius 1 is 1.45 bits per heavy atom. The van der Waals surface area contributed by atoms with Crippen molar-refractivity contribution in [1.29, 1.82) is 0 Å². The molecule has 2 saturated carbocycles. The van der Waals surface area contributed by atoms with E-state index in [-0.39, 0.29) is 17.9 Å². The molecule has 4 heteroatoms. The summed E-state index contributed by atoms with van der Waals surface area (Å²) in [5.41, 5.74) is 0. The van der Waals surface area contributed by atoms with Gasteiger partial charge in [-0.15, -0.1) is 0 Å². The van der Waals surface area contributed by atoms with Crippen LogP contribution >= 0.6 is 0 Å². The van der Waals surface area contributed by atoms with Gasteiger partial charge in [-0.3, -0.25) is 4.79 Å². The van der Waals surface area contributed by atoms with Crippen molar-refractivity contribution in [3.05, 3.63) is 23.7 Å². The second-order valence-electron chi connectivity index (χ2n) is 6.08. The Balaban J connectivity index is 1.62. The summed E-state index contributed by atoms with van der Waals surface area (Å²) in [4.78, 5) is 12.4. The first kappa shape index (κ1) is 13.7. The number of hydrogen-bond donors (Lipinski definition) is 1. The van der Waals surface area contributed by atoms with E-state index in [4.69, 9.17) is 9.15 Å². The van der Waals surface area contributed by atoms with Crippen LogP contribution in [0, 0.1) is 24.7 Å². The molecule has 2 aliphatic rings. The molecule has 3 rings (SSSR count). The zero-order valence-corrected chi connectivity index (χ0v) is 12.2. The lowest BCUT2D eigenvalue weighted by Crippen LogP contribution is -2.31. The minimum absolute atomic E-state index is 0.0718. The molecule has 0 saturated heterocycles. The molecule has 1 N–H and O–H groups in total.